The molecule has 0 heterocycles. The smallest absolute Gasteiger partial charge is 0.329 e. The summed E-state index contributed by atoms with van der Waals surface area (Å²) < 4.78 is 0. The van der Waals surface area contributed by atoms with E-state index < -0.39 is 41.2 Å². The van der Waals surface area contributed by atoms with Gasteiger partial charge in [0.15, 0.2) is 12.6 Å². The van der Waals surface area contributed by atoms with Crippen molar-refractivity contribution in [3.63, 3.8) is 0 Å². The molecule has 0 saturated heterocycles. The number of amides is 1. The fourth-order valence-electron chi connectivity index (χ4n) is 8.18. The molecule has 0 unspecified atom stereocenters. The van der Waals surface area contributed by atoms with Crippen LogP contribution in [-0.4, -0.2) is 56.1 Å². The normalized spacial score (nSPS) is 35.7. The second-order valence-electron chi connectivity index (χ2n) is 12.9. The maximum atomic E-state index is 12.5. The standard InChI is InChI=1S/C31H39N3O8/c1-29-12-9-20(16-19(29)7-8-22-23(29)10-13-30(2)24(22)11-14-31(30,3)39)33-42-17-25(35)32-26(28(37)38)27(36)18-5-4-6-21(15-18)34(40)41/h4-6,9,12,15-16,22-24,26-27,36,39H,7-8,10-11,13-14,17H2,1-3H3,(H,32,35)(H,37,38)/b33-20+/t22-,23+,24+,26-,27-,29+,30+,31+/m1/s1. The zero-order valence-corrected chi connectivity index (χ0v) is 24.2. The number of fused-ring (bicyclic) bond motifs is 5. The van der Waals surface area contributed by atoms with Crippen molar-refractivity contribution < 1.29 is 34.7 Å². The van der Waals surface area contributed by atoms with Crippen molar-refractivity contribution >= 4 is 23.3 Å². The second kappa shape index (κ2) is 10.9. The first-order chi connectivity index (χ1) is 19.8. The summed E-state index contributed by atoms with van der Waals surface area (Å²) >= 11 is 0. The molecular formula is C31H39N3O8. The lowest BCUT2D eigenvalue weighted by Crippen LogP contribution is -2.53. The summed E-state index contributed by atoms with van der Waals surface area (Å²) in [4.78, 5) is 39.8. The summed E-state index contributed by atoms with van der Waals surface area (Å²) in [5.74, 6) is -0.763. The highest BCUT2D eigenvalue weighted by atomic mass is 16.6. The van der Waals surface area contributed by atoms with Crippen LogP contribution in [0, 0.1) is 38.7 Å². The van der Waals surface area contributed by atoms with Crippen LogP contribution in [0.1, 0.15) is 71.0 Å². The average Bonchev–Trinajstić information content (AvgIpc) is 3.19. The van der Waals surface area contributed by atoms with Gasteiger partial charge in [-0.3, -0.25) is 14.9 Å². The maximum Gasteiger partial charge on any atom is 0.329 e. The van der Waals surface area contributed by atoms with Crippen molar-refractivity contribution in [1.82, 2.24) is 5.32 Å². The fraction of sp³-hybridized carbons (Fsp3) is 0.581. The van der Waals surface area contributed by atoms with Gasteiger partial charge in [-0.1, -0.05) is 42.8 Å². The molecule has 0 aliphatic heterocycles. The molecule has 42 heavy (non-hydrogen) atoms. The Morgan fingerprint density at radius 1 is 1.19 bits per heavy atom. The number of nitro benzene ring substituents is 1. The van der Waals surface area contributed by atoms with Crippen molar-refractivity contribution in [2.45, 2.75) is 77.0 Å². The zero-order chi connectivity index (χ0) is 30.4. The van der Waals surface area contributed by atoms with Gasteiger partial charge in [-0.05, 0) is 86.3 Å². The minimum atomic E-state index is -1.75. The van der Waals surface area contributed by atoms with Crippen molar-refractivity contribution in [3.05, 3.63) is 63.7 Å². The molecule has 11 heteroatoms. The molecule has 226 valence electrons. The number of carboxylic acid groups (broad SMARTS) is 1. The van der Waals surface area contributed by atoms with Gasteiger partial charge in [0, 0.05) is 17.5 Å². The predicted octanol–water partition coefficient (Wildman–Crippen LogP) is 4.06. The second-order valence-corrected chi connectivity index (χ2v) is 12.9. The van der Waals surface area contributed by atoms with Gasteiger partial charge in [0.1, 0.15) is 11.8 Å². The molecule has 5 rings (SSSR count). The number of hydrogen-bond acceptors (Lipinski definition) is 8. The number of nitrogens with one attached hydrogen (secondary N) is 1. The molecule has 1 amide bonds. The summed E-state index contributed by atoms with van der Waals surface area (Å²) in [6, 6.07) is 3.19. The number of aliphatic hydroxyl groups is 2. The molecule has 0 aromatic heterocycles. The molecule has 0 spiro atoms. The van der Waals surface area contributed by atoms with Crippen molar-refractivity contribution in [3.8, 4) is 0 Å². The van der Waals surface area contributed by atoms with E-state index in [1.807, 2.05) is 19.1 Å². The summed E-state index contributed by atoms with van der Waals surface area (Å²) in [6.45, 7) is 5.99. The number of benzene rings is 1. The molecule has 3 saturated carbocycles. The third-order valence-corrected chi connectivity index (χ3v) is 10.8. The van der Waals surface area contributed by atoms with E-state index in [1.54, 1.807) is 0 Å². The molecule has 1 aromatic rings. The number of allylic oxidation sites excluding steroid dienone is 4. The van der Waals surface area contributed by atoms with Crippen molar-refractivity contribution in [1.29, 1.82) is 0 Å². The van der Waals surface area contributed by atoms with Crippen LogP contribution in [0.5, 0.6) is 0 Å². The quantitative estimate of drug-likeness (QED) is 0.263. The highest BCUT2D eigenvalue weighted by Crippen LogP contribution is 2.66. The van der Waals surface area contributed by atoms with Gasteiger partial charge in [0.05, 0.1) is 10.5 Å². The topological polar surface area (TPSA) is 172 Å². The Balaban J connectivity index is 1.20. The van der Waals surface area contributed by atoms with Gasteiger partial charge in [-0.15, -0.1) is 0 Å². The summed E-state index contributed by atoms with van der Waals surface area (Å²) in [5.41, 5.74) is 0.745. The number of nitro groups is 1. The fourth-order valence-corrected chi connectivity index (χ4v) is 8.18. The Hall–Kier alpha value is -3.57. The van der Waals surface area contributed by atoms with Crippen LogP contribution in [0.3, 0.4) is 0 Å². The van der Waals surface area contributed by atoms with E-state index >= 15 is 0 Å². The highest BCUT2D eigenvalue weighted by molar-refractivity contribution is 6.05. The first-order valence-corrected chi connectivity index (χ1v) is 14.5. The van der Waals surface area contributed by atoms with Crippen LogP contribution in [-0.2, 0) is 14.4 Å². The Morgan fingerprint density at radius 2 is 1.93 bits per heavy atom. The highest BCUT2D eigenvalue weighted by Gasteiger charge is 2.62. The lowest BCUT2D eigenvalue weighted by molar-refractivity contribution is -0.385. The number of rotatable bonds is 8. The molecular weight excluding hydrogens is 542 g/mol. The van der Waals surface area contributed by atoms with Gasteiger partial charge in [0.25, 0.3) is 11.6 Å². The van der Waals surface area contributed by atoms with Crippen LogP contribution < -0.4 is 5.32 Å². The average molecular weight is 582 g/mol. The van der Waals surface area contributed by atoms with Crippen molar-refractivity contribution in [2.75, 3.05) is 6.61 Å². The summed E-state index contributed by atoms with van der Waals surface area (Å²) in [5, 5.41) is 48.5. The number of aliphatic carboxylic acids is 1. The number of carboxylic acids is 1. The molecule has 0 radical (unpaired) electrons. The van der Waals surface area contributed by atoms with Crippen LogP contribution >= 0.6 is 0 Å². The van der Waals surface area contributed by atoms with Gasteiger partial charge in [-0.25, -0.2) is 4.79 Å². The molecule has 3 fully saturated rings. The lowest BCUT2D eigenvalue weighted by atomic mass is 9.47. The number of nitrogens with zero attached hydrogens (tertiary/aromatic N) is 2. The largest absolute Gasteiger partial charge is 0.480 e. The SMILES string of the molecule is C[C@]12C=C/C(=N\OCC(=O)N[C@@H](C(=O)O)[C@H](O)c3cccc([N+](=O)[O-])c3)C=C1CC[C@@H]1[C@@H]2CC[C@@]2(C)[C@H]1CC[C@]2(C)O. The zero-order valence-electron chi connectivity index (χ0n) is 24.2. The Kier molecular flexibility index (Phi) is 7.78. The molecule has 0 bridgehead atoms. The van der Waals surface area contributed by atoms with E-state index in [0.29, 0.717) is 23.5 Å². The van der Waals surface area contributed by atoms with E-state index in [-0.39, 0.29) is 22.1 Å². The van der Waals surface area contributed by atoms with Crippen LogP contribution in [0.2, 0.25) is 0 Å². The number of carbonyl (C=O) groups excluding carboxylic acids is 1. The number of aliphatic hydroxyl groups excluding tert-OH is 1. The van der Waals surface area contributed by atoms with Crippen molar-refractivity contribution in [2.24, 2.45) is 33.7 Å². The van der Waals surface area contributed by atoms with E-state index in [0.717, 1.165) is 44.6 Å². The number of carbonyl (C=O) groups is 2. The Labute approximate surface area is 244 Å². The summed E-state index contributed by atoms with van der Waals surface area (Å²) in [7, 11) is 0. The first kappa shape index (κ1) is 29.9. The maximum absolute atomic E-state index is 12.5. The third kappa shape index (κ3) is 5.13. The monoisotopic (exact) mass is 581 g/mol. The van der Waals surface area contributed by atoms with Gasteiger partial charge in [-0.2, -0.15) is 0 Å². The minimum absolute atomic E-state index is 0.0179. The van der Waals surface area contributed by atoms with Gasteiger partial charge in [0.2, 0.25) is 0 Å². The van der Waals surface area contributed by atoms with Gasteiger partial charge >= 0.3 is 5.97 Å². The third-order valence-electron chi connectivity index (χ3n) is 10.8. The summed E-state index contributed by atoms with van der Waals surface area (Å²) in [6.07, 6.45) is 10.4. The molecule has 4 aliphatic rings. The predicted molar refractivity (Wildman–Crippen MR) is 153 cm³/mol. The van der Waals surface area contributed by atoms with Crippen LogP contribution in [0.15, 0.2) is 53.2 Å². The Bertz CT molecular complexity index is 1370. The number of non-ortho nitro benzene ring substituents is 1. The lowest BCUT2D eigenvalue weighted by Gasteiger charge is -2.58. The molecule has 4 aliphatic carbocycles. The van der Waals surface area contributed by atoms with E-state index in [2.05, 4.69) is 30.4 Å². The van der Waals surface area contributed by atoms with Gasteiger partial charge < -0.3 is 25.5 Å². The van der Waals surface area contributed by atoms with E-state index in [9.17, 15) is 35.0 Å². The molecule has 1 aromatic carbocycles. The van der Waals surface area contributed by atoms with Crippen LogP contribution in [0.25, 0.3) is 0 Å². The number of oxime groups is 1. The van der Waals surface area contributed by atoms with Crippen LogP contribution in [0.4, 0.5) is 5.69 Å². The minimum Gasteiger partial charge on any atom is -0.480 e. The van der Waals surface area contributed by atoms with E-state index in [4.69, 9.17) is 4.84 Å². The molecule has 4 N–H and O–H groups in total. The first-order valence-electron chi connectivity index (χ1n) is 14.5. The number of hydrogen-bond donors (Lipinski definition) is 4. The Morgan fingerprint density at radius 3 is 2.64 bits per heavy atom. The van der Waals surface area contributed by atoms with E-state index in [1.165, 1.54) is 23.8 Å². The molecule has 8 atom stereocenters. The molecule has 11 nitrogen and oxygen atoms in total.